The molecule has 1 saturated heterocycles. The Balaban J connectivity index is 1.63. The van der Waals surface area contributed by atoms with Crippen molar-refractivity contribution >= 4 is 31.9 Å². The number of rotatable bonds is 1. The SMILES string of the molecule is BrCC12C3C4C5C1C2C(Br)(C43)C51OCCO1. The van der Waals surface area contributed by atoms with Crippen LogP contribution in [0.1, 0.15) is 0 Å². The van der Waals surface area contributed by atoms with Gasteiger partial charge in [0, 0.05) is 11.2 Å². The Morgan fingerprint density at radius 2 is 1.81 bits per heavy atom. The van der Waals surface area contributed by atoms with Crippen LogP contribution in [0.25, 0.3) is 0 Å². The first kappa shape index (κ1) is 8.89. The van der Waals surface area contributed by atoms with Crippen LogP contribution in [0.4, 0.5) is 0 Å². The van der Waals surface area contributed by atoms with Gasteiger partial charge in [-0.2, -0.15) is 0 Å². The van der Waals surface area contributed by atoms with Crippen molar-refractivity contribution in [3.8, 4) is 0 Å². The van der Waals surface area contributed by atoms with Crippen LogP contribution in [0.15, 0.2) is 0 Å². The molecule has 4 heteroatoms. The summed E-state index contributed by atoms with van der Waals surface area (Å²) in [6.07, 6.45) is 0. The summed E-state index contributed by atoms with van der Waals surface area (Å²) < 4.78 is 12.4. The van der Waals surface area contributed by atoms with Crippen LogP contribution in [0, 0.1) is 40.9 Å². The van der Waals surface area contributed by atoms with Crippen molar-refractivity contribution in [3.63, 3.8) is 0 Å². The van der Waals surface area contributed by atoms with Crippen LogP contribution in [-0.2, 0) is 9.47 Å². The molecule has 2 bridgehead atoms. The monoisotopic (exact) mass is 346 g/mol. The van der Waals surface area contributed by atoms with Crippen molar-refractivity contribution in [3.05, 3.63) is 0 Å². The van der Waals surface area contributed by atoms with Gasteiger partial charge in [0.1, 0.15) is 0 Å². The number of ether oxygens (including phenoxy) is 2. The smallest absolute Gasteiger partial charge is 0.187 e. The molecule has 8 unspecified atom stereocenters. The molecule has 0 amide bonds. The van der Waals surface area contributed by atoms with Crippen LogP contribution in [0.3, 0.4) is 0 Å². The second kappa shape index (κ2) is 2.00. The van der Waals surface area contributed by atoms with E-state index in [-0.39, 0.29) is 10.1 Å². The van der Waals surface area contributed by atoms with Crippen LogP contribution in [0.5, 0.6) is 0 Å². The van der Waals surface area contributed by atoms with Crippen LogP contribution in [-0.4, -0.2) is 28.7 Å². The van der Waals surface area contributed by atoms with Gasteiger partial charge in [-0.3, -0.25) is 0 Å². The van der Waals surface area contributed by atoms with E-state index in [4.69, 9.17) is 9.47 Å². The minimum Gasteiger partial charge on any atom is -0.346 e. The highest BCUT2D eigenvalue weighted by Gasteiger charge is 3.08. The fraction of sp³-hybridized carbons (Fsp3) is 1.00. The molecular weight excluding hydrogens is 336 g/mol. The molecule has 86 valence electrons. The number of halogens is 2. The molecular formula is C12H12Br2O2. The predicted octanol–water partition coefficient (Wildman–Crippen LogP) is 2.01. The third-order valence-electron chi connectivity index (χ3n) is 6.81. The molecule has 7 fully saturated rings. The molecule has 0 aromatic carbocycles. The zero-order valence-corrected chi connectivity index (χ0v) is 11.8. The Labute approximate surface area is 111 Å². The minimum atomic E-state index is -0.212. The van der Waals surface area contributed by atoms with E-state index in [1.54, 1.807) is 0 Å². The molecule has 0 N–H and O–H groups in total. The minimum absolute atomic E-state index is 0.189. The molecule has 1 aliphatic heterocycles. The van der Waals surface area contributed by atoms with E-state index >= 15 is 0 Å². The fourth-order valence-electron chi connectivity index (χ4n) is 6.87. The van der Waals surface area contributed by atoms with E-state index in [0.29, 0.717) is 11.3 Å². The first-order chi connectivity index (χ1) is 7.75. The first-order valence-electron chi connectivity index (χ1n) is 6.28. The molecule has 2 nitrogen and oxygen atoms in total. The number of hydrogen-bond acceptors (Lipinski definition) is 2. The third-order valence-corrected chi connectivity index (χ3v) is 9.35. The Kier molecular flexibility index (Phi) is 1.11. The van der Waals surface area contributed by atoms with Crippen molar-refractivity contribution in [2.24, 2.45) is 40.9 Å². The summed E-state index contributed by atoms with van der Waals surface area (Å²) in [5.74, 6) is 5.01. The van der Waals surface area contributed by atoms with Gasteiger partial charge >= 0.3 is 0 Å². The molecule has 0 radical (unpaired) electrons. The van der Waals surface area contributed by atoms with E-state index < -0.39 is 0 Å². The van der Waals surface area contributed by atoms with Crippen molar-refractivity contribution in [1.29, 1.82) is 0 Å². The summed E-state index contributed by atoms with van der Waals surface area (Å²) in [4.78, 5) is 0. The average Bonchev–Trinajstić information content (AvgIpc) is 2.97. The van der Waals surface area contributed by atoms with Crippen LogP contribution in [0.2, 0.25) is 0 Å². The molecule has 7 aliphatic rings. The maximum atomic E-state index is 6.11. The average molecular weight is 348 g/mol. The van der Waals surface area contributed by atoms with E-state index in [1.165, 1.54) is 5.33 Å². The van der Waals surface area contributed by atoms with Crippen LogP contribution >= 0.6 is 31.9 Å². The summed E-state index contributed by atoms with van der Waals surface area (Å²) in [5, 5.41) is 1.20. The molecule has 1 heterocycles. The summed E-state index contributed by atoms with van der Waals surface area (Å²) in [7, 11) is 0. The fourth-order valence-corrected chi connectivity index (χ4v) is 9.76. The van der Waals surface area contributed by atoms with Gasteiger partial charge in [0.05, 0.1) is 17.5 Å². The van der Waals surface area contributed by atoms with Gasteiger partial charge < -0.3 is 9.47 Å². The normalized spacial score (nSPS) is 77.6. The Hall–Kier alpha value is 0.880. The highest BCUT2D eigenvalue weighted by Crippen LogP contribution is 3.04. The third kappa shape index (κ3) is 0.473. The topological polar surface area (TPSA) is 18.5 Å². The molecule has 6 saturated carbocycles. The highest BCUT2D eigenvalue weighted by atomic mass is 79.9. The van der Waals surface area contributed by atoms with E-state index in [0.717, 1.165) is 42.8 Å². The van der Waals surface area contributed by atoms with Gasteiger partial charge in [0.2, 0.25) is 0 Å². The largest absolute Gasteiger partial charge is 0.346 e. The molecule has 16 heavy (non-hydrogen) atoms. The second-order valence-corrected chi connectivity index (χ2v) is 8.41. The maximum Gasteiger partial charge on any atom is 0.187 e. The van der Waals surface area contributed by atoms with Crippen molar-refractivity contribution in [1.82, 2.24) is 0 Å². The van der Waals surface area contributed by atoms with Gasteiger partial charge in [0.15, 0.2) is 5.79 Å². The van der Waals surface area contributed by atoms with E-state index in [1.807, 2.05) is 0 Å². The summed E-state index contributed by atoms with van der Waals surface area (Å²) in [6, 6.07) is 0. The molecule has 1 spiro atoms. The zero-order chi connectivity index (χ0) is 10.5. The lowest BCUT2D eigenvalue weighted by Crippen LogP contribution is -2.50. The zero-order valence-electron chi connectivity index (χ0n) is 8.66. The van der Waals surface area contributed by atoms with Gasteiger partial charge in [-0.15, -0.1) is 0 Å². The Morgan fingerprint density at radius 1 is 1.06 bits per heavy atom. The van der Waals surface area contributed by atoms with Crippen LogP contribution < -0.4 is 0 Å². The first-order valence-corrected chi connectivity index (χ1v) is 8.19. The van der Waals surface area contributed by atoms with Crippen molar-refractivity contribution in [2.45, 2.75) is 10.1 Å². The number of alkyl halides is 2. The van der Waals surface area contributed by atoms with Crippen molar-refractivity contribution in [2.75, 3.05) is 18.5 Å². The standard InChI is InChI=1S/C12H12Br2O2/c13-3-10-5-4-6(5)11(14)9(10)8(10)7(4)12(11)15-1-2-16-12/h4-9H,1-3H2. The highest BCUT2D eigenvalue weighted by molar-refractivity contribution is 9.10. The maximum absolute atomic E-state index is 6.11. The predicted molar refractivity (Wildman–Crippen MR) is 63.5 cm³/mol. The molecule has 0 aromatic heterocycles. The van der Waals surface area contributed by atoms with Gasteiger partial charge in [-0.1, -0.05) is 31.9 Å². The molecule has 8 atom stereocenters. The van der Waals surface area contributed by atoms with Crippen molar-refractivity contribution < 1.29 is 9.47 Å². The van der Waals surface area contributed by atoms with E-state index in [9.17, 15) is 0 Å². The summed E-state index contributed by atoms with van der Waals surface area (Å²) >= 11 is 7.89. The molecule has 6 aliphatic carbocycles. The lowest BCUT2D eigenvalue weighted by molar-refractivity contribution is -0.192. The quantitative estimate of drug-likeness (QED) is 0.675. The summed E-state index contributed by atoms with van der Waals surface area (Å²) in [6.45, 7) is 1.60. The lowest BCUT2D eigenvalue weighted by Gasteiger charge is -2.37. The lowest BCUT2D eigenvalue weighted by atomic mass is 9.95. The van der Waals surface area contributed by atoms with Gasteiger partial charge in [-0.05, 0) is 35.0 Å². The Bertz CT molecular complexity index is 448. The van der Waals surface area contributed by atoms with E-state index in [2.05, 4.69) is 31.9 Å². The Morgan fingerprint density at radius 3 is 2.25 bits per heavy atom. The molecule has 7 rings (SSSR count). The van der Waals surface area contributed by atoms with Gasteiger partial charge in [-0.25, -0.2) is 0 Å². The molecule has 0 aromatic rings. The summed E-state index contributed by atoms with van der Waals surface area (Å²) in [5.41, 5.74) is 0.643. The second-order valence-electron chi connectivity index (χ2n) is 6.54. The van der Waals surface area contributed by atoms with Gasteiger partial charge in [0.25, 0.3) is 0 Å². The number of hydrogen-bond donors (Lipinski definition) is 0.